The molecule has 1 unspecified atom stereocenters. The van der Waals surface area contributed by atoms with Gasteiger partial charge in [-0.3, -0.25) is 4.90 Å². The van der Waals surface area contributed by atoms with Crippen LogP contribution in [0.15, 0.2) is 42.7 Å². The highest BCUT2D eigenvalue weighted by Crippen LogP contribution is 2.45. The minimum Gasteiger partial charge on any atom is -0.480 e. The lowest BCUT2D eigenvalue weighted by Crippen LogP contribution is -2.47. The number of morpholine rings is 1. The molecule has 2 aliphatic rings. The van der Waals surface area contributed by atoms with Crippen LogP contribution in [0, 0.1) is 11.3 Å². The van der Waals surface area contributed by atoms with Gasteiger partial charge in [0.05, 0.1) is 31.6 Å². The Bertz CT molecular complexity index is 1340. The molecule has 1 aromatic carbocycles. The Labute approximate surface area is 216 Å². The Balaban J connectivity index is 1.53. The van der Waals surface area contributed by atoms with Crippen LogP contribution in [0.3, 0.4) is 0 Å². The van der Waals surface area contributed by atoms with Gasteiger partial charge in [0.15, 0.2) is 0 Å². The molecule has 0 saturated carbocycles. The van der Waals surface area contributed by atoms with Crippen molar-refractivity contribution in [3.63, 3.8) is 0 Å². The van der Waals surface area contributed by atoms with Crippen molar-refractivity contribution < 1.29 is 14.3 Å². The normalized spacial score (nSPS) is 19.1. The Morgan fingerprint density at radius 1 is 1.27 bits per heavy atom. The lowest BCUT2D eigenvalue weighted by atomic mass is 9.82. The van der Waals surface area contributed by atoms with Crippen molar-refractivity contribution in [2.24, 2.45) is 0 Å². The van der Waals surface area contributed by atoms with E-state index in [2.05, 4.69) is 39.2 Å². The first-order chi connectivity index (χ1) is 18.0. The minimum absolute atomic E-state index is 0.301. The third kappa shape index (κ3) is 4.98. The standard InChI is InChI=1S/C26H27BN7O3/c1-26(15-33-8-10-37-11-9-33)16-34(27-17-35)23-19(14-28)12-18(13-20(23)26)21-5-7-30-25(31-21)32-22-4-3-6-29-24(22)36-2/h3-7,12-13,17H,8-11,15-16H2,1-2H3,(H,30,31,32). The van der Waals surface area contributed by atoms with Crippen molar-refractivity contribution in [3.8, 4) is 23.2 Å². The number of hydrogen-bond acceptors (Lipinski definition) is 10. The highest BCUT2D eigenvalue weighted by Gasteiger charge is 2.42. The lowest BCUT2D eigenvalue weighted by molar-refractivity contribution is 0.0295. The summed E-state index contributed by atoms with van der Waals surface area (Å²) >= 11 is 0. The number of carbonyl (C=O) groups is 1. The van der Waals surface area contributed by atoms with E-state index in [4.69, 9.17) is 14.5 Å². The molecular weight excluding hydrogens is 469 g/mol. The van der Waals surface area contributed by atoms with E-state index in [-0.39, 0.29) is 5.41 Å². The molecule has 1 saturated heterocycles. The zero-order valence-electron chi connectivity index (χ0n) is 20.8. The van der Waals surface area contributed by atoms with E-state index in [9.17, 15) is 10.1 Å². The van der Waals surface area contributed by atoms with Crippen LogP contribution in [0.4, 0.5) is 17.3 Å². The summed E-state index contributed by atoms with van der Waals surface area (Å²) in [7, 11) is 3.07. The summed E-state index contributed by atoms with van der Waals surface area (Å²) in [6.07, 6.45) is 4.09. The molecule has 1 radical (unpaired) electrons. The molecule has 0 spiro atoms. The maximum absolute atomic E-state index is 11.4. The molecule has 2 aromatic heterocycles. The Morgan fingerprint density at radius 2 is 2.11 bits per heavy atom. The van der Waals surface area contributed by atoms with Crippen molar-refractivity contribution in [1.82, 2.24) is 19.9 Å². The second-order valence-electron chi connectivity index (χ2n) is 9.34. The van der Waals surface area contributed by atoms with E-state index >= 15 is 0 Å². The monoisotopic (exact) mass is 496 g/mol. The van der Waals surface area contributed by atoms with Gasteiger partial charge >= 0.3 is 7.41 Å². The molecule has 37 heavy (non-hydrogen) atoms. The largest absolute Gasteiger partial charge is 0.480 e. The molecule has 0 aliphatic carbocycles. The number of nitriles is 1. The molecular formula is C26H27BN7O3. The van der Waals surface area contributed by atoms with Crippen LogP contribution in [-0.4, -0.2) is 80.0 Å². The number of anilines is 3. The molecule has 1 atom stereocenters. The van der Waals surface area contributed by atoms with Gasteiger partial charge in [0.2, 0.25) is 11.8 Å². The van der Waals surface area contributed by atoms with E-state index in [0.29, 0.717) is 48.5 Å². The number of methoxy groups -OCH3 is 1. The number of fused-ring (bicyclic) bond motifs is 1. The predicted molar refractivity (Wildman–Crippen MR) is 141 cm³/mol. The number of nitrogens with zero attached hydrogens (tertiary/aromatic N) is 6. The smallest absolute Gasteiger partial charge is 0.329 e. The molecule has 10 nitrogen and oxygen atoms in total. The van der Waals surface area contributed by atoms with Crippen LogP contribution < -0.4 is 14.9 Å². The third-order valence-corrected chi connectivity index (χ3v) is 6.77. The maximum atomic E-state index is 11.4. The highest BCUT2D eigenvalue weighted by atomic mass is 16.5. The molecule has 4 heterocycles. The maximum Gasteiger partial charge on any atom is 0.329 e. The second-order valence-corrected chi connectivity index (χ2v) is 9.34. The lowest BCUT2D eigenvalue weighted by Gasteiger charge is -2.35. The fourth-order valence-electron chi connectivity index (χ4n) is 5.11. The van der Waals surface area contributed by atoms with Crippen molar-refractivity contribution in [2.75, 3.05) is 56.6 Å². The number of rotatable bonds is 8. The Kier molecular flexibility index (Phi) is 7.03. The van der Waals surface area contributed by atoms with Crippen molar-refractivity contribution in [1.29, 1.82) is 5.26 Å². The number of pyridine rings is 1. The summed E-state index contributed by atoms with van der Waals surface area (Å²) in [6, 6.07) is 11.7. The fraction of sp³-hybridized carbons (Fsp3) is 0.346. The van der Waals surface area contributed by atoms with Gasteiger partial charge in [0.1, 0.15) is 17.9 Å². The average Bonchev–Trinajstić information content (AvgIpc) is 3.20. The zero-order valence-corrected chi connectivity index (χ0v) is 20.8. The fourth-order valence-corrected chi connectivity index (χ4v) is 5.11. The molecule has 187 valence electrons. The molecule has 2 aliphatic heterocycles. The first-order valence-electron chi connectivity index (χ1n) is 12.1. The van der Waals surface area contributed by atoms with E-state index in [1.807, 2.05) is 23.0 Å². The van der Waals surface area contributed by atoms with Gasteiger partial charge in [0.25, 0.3) is 0 Å². The third-order valence-electron chi connectivity index (χ3n) is 6.77. The van der Waals surface area contributed by atoms with Crippen molar-refractivity contribution >= 4 is 30.9 Å². The van der Waals surface area contributed by atoms with Crippen LogP contribution >= 0.6 is 0 Å². The first-order valence-corrected chi connectivity index (χ1v) is 12.1. The van der Waals surface area contributed by atoms with Gasteiger partial charge in [-0.05, 0) is 35.9 Å². The summed E-state index contributed by atoms with van der Waals surface area (Å²) in [5.74, 6) is 0.820. The SMILES string of the molecule is COc1ncccc1Nc1nccc(-c2cc(C#N)c3c(c2)C(C)(CN2CCOCC2)CN3[B]C=O)n1. The Hall–Kier alpha value is -4.01. The molecule has 3 aromatic rings. The number of hydrogen-bond donors (Lipinski definition) is 1. The molecule has 0 bridgehead atoms. The summed E-state index contributed by atoms with van der Waals surface area (Å²) in [6.45, 7) is 6.69. The quantitative estimate of drug-likeness (QED) is 0.368. The van der Waals surface area contributed by atoms with Crippen LogP contribution in [0.1, 0.15) is 18.1 Å². The van der Waals surface area contributed by atoms with E-state index in [1.165, 1.54) is 7.41 Å². The average molecular weight is 496 g/mol. The van der Waals surface area contributed by atoms with Gasteiger partial charge in [0, 0.05) is 55.2 Å². The highest BCUT2D eigenvalue weighted by molar-refractivity contribution is 6.70. The number of aromatic nitrogens is 3. The summed E-state index contributed by atoms with van der Waals surface area (Å²) in [5, 5.41) is 13.2. The zero-order chi connectivity index (χ0) is 25.8. The van der Waals surface area contributed by atoms with Gasteiger partial charge in [-0.2, -0.15) is 5.26 Å². The number of nitrogens with one attached hydrogen (secondary N) is 1. The molecule has 11 heteroatoms. The van der Waals surface area contributed by atoms with E-state index in [0.717, 1.165) is 42.6 Å². The topological polar surface area (TPSA) is 116 Å². The summed E-state index contributed by atoms with van der Waals surface area (Å²) in [4.78, 5) is 29.0. The second kappa shape index (κ2) is 10.5. The number of ether oxygens (including phenoxy) is 2. The molecule has 5 rings (SSSR count). The molecule has 0 amide bonds. The number of benzene rings is 1. The van der Waals surface area contributed by atoms with Crippen molar-refractivity contribution in [3.05, 3.63) is 53.9 Å². The van der Waals surface area contributed by atoms with Crippen LogP contribution in [0.25, 0.3) is 11.3 Å². The summed E-state index contributed by atoms with van der Waals surface area (Å²) < 4.78 is 10.8. The van der Waals surface area contributed by atoms with Gasteiger partial charge in [-0.15, -0.1) is 0 Å². The molecule has 1 fully saturated rings. The van der Waals surface area contributed by atoms with E-state index < -0.39 is 0 Å². The van der Waals surface area contributed by atoms with Crippen LogP contribution in [0.5, 0.6) is 5.88 Å². The van der Waals surface area contributed by atoms with Gasteiger partial charge in [-0.25, -0.2) is 15.0 Å². The van der Waals surface area contributed by atoms with E-state index in [1.54, 1.807) is 25.6 Å². The van der Waals surface area contributed by atoms with Crippen LogP contribution in [0.2, 0.25) is 0 Å². The van der Waals surface area contributed by atoms with Crippen LogP contribution in [-0.2, 0) is 14.9 Å². The molecule has 1 N–H and O–H groups in total. The summed E-state index contributed by atoms with van der Waals surface area (Å²) in [5.41, 5.74) is 4.12. The Morgan fingerprint density at radius 3 is 2.86 bits per heavy atom. The van der Waals surface area contributed by atoms with Gasteiger partial charge in [-0.1, -0.05) is 6.92 Å². The number of carbonyl (C=O) groups excluding carboxylic acids is 1. The van der Waals surface area contributed by atoms with Crippen molar-refractivity contribution in [2.45, 2.75) is 12.3 Å². The predicted octanol–water partition coefficient (Wildman–Crippen LogP) is 2.38. The minimum atomic E-state index is -0.301. The first kappa shape index (κ1) is 24.7. The van der Waals surface area contributed by atoms with Gasteiger partial charge < -0.3 is 24.4 Å².